The Hall–Kier alpha value is -3.31. The van der Waals surface area contributed by atoms with Gasteiger partial charge in [-0.3, -0.25) is 20.4 Å². The fourth-order valence-electron chi connectivity index (χ4n) is 2.77. The number of sulfonamides is 1. The number of benzene rings is 2. The van der Waals surface area contributed by atoms with Crippen molar-refractivity contribution >= 4 is 21.8 Å². The van der Waals surface area contributed by atoms with Crippen molar-refractivity contribution in [3.8, 4) is 17.2 Å². The van der Waals surface area contributed by atoms with E-state index in [0.29, 0.717) is 11.5 Å². The predicted octanol–water partition coefficient (Wildman–Crippen LogP) is 1.22. The molecule has 0 atom stereocenters. The summed E-state index contributed by atoms with van der Waals surface area (Å²) in [7, 11) is -1.03. The topological polar surface area (TPSA) is 132 Å². The number of carbonyl (C=O) groups excluding carboxylic acids is 2. The lowest BCUT2D eigenvalue weighted by Crippen LogP contribution is -2.44. The summed E-state index contributed by atoms with van der Waals surface area (Å²) in [5.74, 6) is 0.0821. The second-order valence-corrected chi connectivity index (χ2v) is 8.64. The van der Waals surface area contributed by atoms with Crippen LogP contribution in [0.5, 0.6) is 17.2 Å². The van der Waals surface area contributed by atoms with Gasteiger partial charge < -0.3 is 14.2 Å². The standard InChI is InChI=1S/C21H27N3O7S/c1-14-9-15(2)11-16(10-14)31-13-21(26)24-23-20(25)7-8-22-32(27,28)17-5-6-18(29-3)19(12-17)30-4/h5-6,9-12,22H,7-8,13H2,1-4H3,(H,23,25)(H,24,26). The molecular formula is C21H27N3O7S. The lowest BCUT2D eigenvalue weighted by molar-refractivity contribution is -0.129. The molecule has 0 fully saturated rings. The van der Waals surface area contributed by atoms with Crippen LogP contribution in [0.3, 0.4) is 0 Å². The van der Waals surface area contributed by atoms with Crippen LogP contribution in [0.4, 0.5) is 0 Å². The van der Waals surface area contributed by atoms with Crippen molar-refractivity contribution in [2.75, 3.05) is 27.4 Å². The van der Waals surface area contributed by atoms with Gasteiger partial charge in [0, 0.05) is 19.0 Å². The molecule has 32 heavy (non-hydrogen) atoms. The van der Waals surface area contributed by atoms with Gasteiger partial charge in [0.05, 0.1) is 19.1 Å². The maximum Gasteiger partial charge on any atom is 0.276 e. The van der Waals surface area contributed by atoms with Crippen molar-refractivity contribution in [2.45, 2.75) is 25.2 Å². The number of rotatable bonds is 10. The van der Waals surface area contributed by atoms with Crippen LogP contribution in [0.25, 0.3) is 0 Å². The number of aryl methyl sites for hydroxylation is 2. The Labute approximate surface area is 187 Å². The monoisotopic (exact) mass is 465 g/mol. The minimum absolute atomic E-state index is 0.0348. The molecule has 2 amide bonds. The van der Waals surface area contributed by atoms with Gasteiger partial charge in [0.1, 0.15) is 5.75 Å². The van der Waals surface area contributed by atoms with Crippen molar-refractivity contribution in [2.24, 2.45) is 0 Å². The molecule has 0 bridgehead atoms. The number of carbonyl (C=O) groups is 2. The first-order chi connectivity index (χ1) is 15.1. The highest BCUT2D eigenvalue weighted by molar-refractivity contribution is 7.89. The van der Waals surface area contributed by atoms with Crippen molar-refractivity contribution in [3.63, 3.8) is 0 Å². The van der Waals surface area contributed by atoms with Gasteiger partial charge in [0.25, 0.3) is 5.91 Å². The molecule has 2 aromatic carbocycles. The van der Waals surface area contributed by atoms with E-state index in [1.807, 2.05) is 19.9 Å². The SMILES string of the molecule is COc1ccc(S(=O)(=O)NCCC(=O)NNC(=O)COc2cc(C)cc(C)c2)cc1OC. The summed E-state index contributed by atoms with van der Waals surface area (Å²) in [5, 5.41) is 0. The summed E-state index contributed by atoms with van der Waals surface area (Å²) in [5.41, 5.74) is 6.44. The smallest absolute Gasteiger partial charge is 0.276 e. The number of amides is 2. The van der Waals surface area contributed by atoms with Crippen LogP contribution < -0.4 is 29.8 Å². The lowest BCUT2D eigenvalue weighted by atomic mass is 10.1. The van der Waals surface area contributed by atoms with Crippen LogP contribution in [0.15, 0.2) is 41.3 Å². The average Bonchev–Trinajstić information content (AvgIpc) is 2.75. The van der Waals surface area contributed by atoms with E-state index in [2.05, 4.69) is 15.6 Å². The number of nitrogens with one attached hydrogen (secondary N) is 3. The first-order valence-electron chi connectivity index (χ1n) is 9.65. The minimum Gasteiger partial charge on any atom is -0.493 e. The van der Waals surface area contributed by atoms with Crippen molar-refractivity contribution in [1.29, 1.82) is 0 Å². The van der Waals surface area contributed by atoms with Gasteiger partial charge >= 0.3 is 0 Å². The van der Waals surface area contributed by atoms with Gasteiger partial charge in [-0.25, -0.2) is 13.1 Å². The minimum atomic E-state index is -3.86. The first kappa shape index (κ1) is 25.0. The third-order valence-electron chi connectivity index (χ3n) is 4.22. The summed E-state index contributed by atoms with van der Waals surface area (Å²) in [4.78, 5) is 23.7. The molecule has 0 spiro atoms. The molecule has 0 aliphatic heterocycles. The number of methoxy groups -OCH3 is 2. The summed E-state index contributed by atoms with van der Waals surface area (Å²) >= 11 is 0. The molecule has 0 aliphatic rings. The van der Waals surface area contributed by atoms with E-state index in [9.17, 15) is 18.0 Å². The van der Waals surface area contributed by atoms with Crippen molar-refractivity contribution in [3.05, 3.63) is 47.5 Å². The van der Waals surface area contributed by atoms with Crippen LogP contribution in [0.1, 0.15) is 17.5 Å². The highest BCUT2D eigenvalue weighted by Crippen LogP contribution is 2.29. The third-order valence-corrected chi connectivity index (χ3v) is 5.67. The van der Waals surface area contributed by atoms with E-state index in [-0.39, 0.29) is 30.2 Å². The average molecular weight is 466 g/mol. The zero-order valence-corrected chi connectivity index (χ0v) is 19.2. The largest absolute Gasteiger partial charge is 0.493 e. The van der Waals surface area contributed by atoms with Gasteiger partial charge in [0.2, 0.25) is 15.9 Å². The fourth-order valence-corrected chi connectivity index (χ4v) is 3.82. The van der Waals surface area contributed by atoms with E-state index >= 15 is 0 Å². The highest BCUT2D eigenvalue weighted by Gasteiger charge is 2.17. The zero-order valence-electron chi connectivity index (χ0n) is 18.4. The molecule has 2 aromatic rings. The normalized spacial score (nSPS) is 10.9. The second-order valence-electron chi connectivity index (χ2n) is 6.87. The molecule has 0 aliphatic carbocycles. The molecule has 0 saturated heterocycles. The molecule has 0 aromatic heterocycles. The number of hydrazine groups is 1. The summed E-state index contributed by atoms with van der Waals surface area (Å²) in [6.45, 7) is 3.38. The molecule has 0 heterocycles. The van der Waals surface area contributed by atoms with E-state index in [1.165, 1.54) is 32.4 Å². The lowest BCUT2D eigenvalue weighted by Gasteiger charge is -2.11. The van der Waals surface area contributed by atoms with Crippen LogP contribution >= 0.6 is 0 Å². The van der Waals surface area contributed by atoms with Crippen molar-refractivity contribution < 1.29 is 32.2 Å². The molecule has 0 saturated carbocycles. The van der Waals surface area contributed by atoms with E-state index in [4.69, 9.17) is 14.2 Å². The molecule has 174 valence electrons. The van der Waals surface area contributed by atoms with Crippen LogP contribution in [0, 0.1) is 13.8 Å². The number of hydrogen-bond acceptors (Lipinski definition) is 7. The van der Waals surface area contributed by atoms with Gasteiger partial charge in [-0.15, -0.1) is 0 Å². The zero-order chi connectivity index (χ0) is 23.7. The fraction of sp³-hybridized carbons (Fsp3) is 0.333. The Morgan fingerprint density at radius 2 is 1.50 bits per heavy atom. The van der Waals surface area contributed by atoms with Crippen molar-refractivity contribution in [1.82, 2.24) is 15.6 Å². The van der Waals surface area contributed by atoms with E-state index < -0.39 is 21.8 Å². The highest BCUT2D eigenvalue weighted by atomic mass is 32.2. The molecule has 11 heteroatoms. The third kappa shape index (κ3) is 7.43. The maximum atomic E-state index is 12.4. The van der Waals surface area contributed by atoms with E-state index in [0.717, 1.165) is 11.1 Å². The summed E-state index contributed by atoms with van der Waals surface area (Å²) in [6, 6.07) is 9.71. The Balaban J connectivity index is 1.76. The van der Waals surface area contributed by atoms with Gasteiger partial charge in [-0.05, 0) is 49.2 Å². The molecule has 0 radical (unpaired) electrons. The quantitative estimate of drug-likeness (QED) is 0.450. The maximum absolute atomic E-state index is 12.4. The Morgan fingerprint density at radius 3 is 2.12 bits per heavy atom. The van der Waals surface area contributed by atoms with Gasteiger partial charge in [-0.2, -0.15) is 0 Å². The predicted molar refractivity (Wildman–Crippen MR) is 117 cm³/mol. The van der Waals surface area contributed by atoms with Gasteiger partial charge in [-0.1, -0.05) is 6.07 Å². The summed E-state index contributed by atoms with van der Waals surface area (Å²) in [6.07, 6.45) is -0.190. The Kier molecular flexibility index (Phi) is 8.85. The molecule has 0 unspecified atom stereocenters. The molecule has 10 nitrogen and oxygen atoms in total. The number of hydrogen-bond donors (Lipinski definition) is 3. The Bertz CT molecular complexity index is 1050. The first-order valence-corrected chi connectivity index (χ1v) is 11.1. The molecular weight excluding hydrogens is 438 g/mol. The van der Waals surface area contributed by atoms with Crippen LogP contribution in [-0.4, -0.2) is 47.6 Å². The molecule has 2 rings (SSSR count). The van der Waals surface area contributed by atoms with E-state index in [1.54, 1.807) is 12.1 Å². The summed E-state index contributed by atoms with van der Waals surface area (Å²) < 4.78 is 42.7. The molecule has 3 N–H and O–H groups in total. The second kappa shape index (κ2) is 11.3. The number of ether oxygens (including phenoxy) is 3. The van der Waals surface area contributed by atoms with Crippen LogP contribution in [0.2, 0.25) is 0 Å². The van der Waals surface area contributed by atoms with Gasteiger partial charge in [0.15, 0.2) is 18.1 Å². The Morgan fingerprint density at radius 1 is 0.875 bits per heavy atom. The van der Waals surface area contributed by atoms with Crippen LogP contribution in [-0.2, 0) is 19.6 Å².